The normalized spacial score (nSPS) is 29.5. The van der Waals surface area contributed by atoms with E-state index in [0.29, 0.717) is 19.4 Å². The number of aliphatic hydroxyl groups is 1. The van der Waals surface area contributed by atoms with E-state index in [9.17, 15) is 14.7 Å². The molecule has 3 aliphatic rings. The molecule has 3 saturated heterocycles. The quantitative estimate of drug-likeness (QED) is 0.874. The number of aliphatic hydroxyl groups excluding tert-OH is 1. The van der Waals surface area contributed by atoms with E-state index in [0.717, 1.165) is 12.0 Å². The van der Waals surface area contributed by atoms with Gasteiger partial charge in [-0.05, 0) is 24.8 Å². The molecule has 0 aromatic heterocycles. The highest BCUT2D eigenvalue weighted by atomic mass is 16.3. The smallest absolute Gasteiger partial charge is 0.249 e. The Bertz CT molecular complexity index is 546. The lowest BCUT2D eigenvalue weighted by Crippen LogP contribution is -2.67. The molecule has 4 rings (SSSR count). The molecule has 1 aromatic rings. The average molecular weight is 288 g/mol. The van der Waals surface area contributed by atoms with Gasteiger partial charge >= 0.3 is 0 Å². The third-order valence-electron chi connectivity index (χ3n) is 4.50. The number of carbonyl (C=O) groups is 2. The highest BCUT2D eigenvalue weighted by Gasteiger charge is 2.48. The van der Waals surface area contributed by atoms with Crippen LogP contribution >= 0.6 is 0 Å². The van der Waals surface area contributed by atoms with Gasteiger partial charge in [-0.1, -0.05) is 30.3 Å². The van der Waals surface area contributed by atoms with Gasteiger partial charge in [0.25, 0.3) is 0 Å². The minimum Gasteiger partial charge on any atom is -0.390 e. The maximum absolute atomic E-state index is 12.7. The van der Waals surface area contributed by atoms with Crippen LogP contribution in [-0.4, -0.2) is 52.0 Å². The SMILES string of the molecule is CN1C(=O)[C@@H]2CCC[C@@H](O)[C@H]1C(=O)N2Cc1ccccc1. The van der Waals surface area contributed by atoms with E-state index >= 15 is 0 Å². The lowest BCUT2D eigenvalue weighted by atomic mass is 9.90. The standard InChI is InChI=1S/C16H20N2O3/c1-17-14-13(19)9-5-8-12(15(17)20)18(16(14)21)10-11-6-3-2-4-7-11/h2-4,6-7,12-14,19H,5,8-10H2,1H3/t12-,13+,14-/m0/s1. The Kier molecular flexibility index (Phi) is 3.68. The molecule has 0 aliphatic carbocycles. The molecule has 0 spiro atoms. The first kappa shape index (κ1) is 14.1. The van der Waals surface area contributed by atoms with E-state index in [1.165, 1.54) is 4.90 Å². The molecule has 3 fully saturated rings. The van der Waals surface area contributed by atoms with Gasteiger partial charge in [0.1, 0.15) is 12.1 Å². The van der Waals surface area contributed by atoms with Gasteiger partial charge in [0.05, 0.1) is 6.10 Å². The fourth-order valence-corrected chi connectivity index (χ4v) is 3.34. The van der Waals surface area contributed by atoms with Gasteiger partial charge in [-0.15, -0.1) is 0 Å². The summed E-state index contributed by atoms with van der Waals surface area (Å²) in [5.41, 5.74) is 1.00. The van der Waals surface area contributed by atoms with Crippen LogP contribution in [0.4, 0.5) is 0 Å². The fraction of sp³-hybridized carbons (Fsp3) is 0.500. The summed E-state index contributed by atoms with van der Waals surface area (Å²) in [4.78, 5) is 28.2. The van der Waals surface area contributed by atoms with Crippen molar-refractivity contribution in [1.29, 1.82) is 0 Å². The van der Waals surface area contributed by atoms with E-state index in [4.69, 9.17) is 0 Å². The Hall–Kier alpha value is -1.88. The highest BCUT2D eigenvalue weighted by molar-refractivity contribution is 5.97. The Morgan fingerprint density at radius 2 is 1.86 bits per heavy atom. The van der Waals surface area contributed by atoms with Crippen molar-refractivity contribution in [2.75, 3.05) is 7.05 Å². The molecule has 0 saturated carbocycles. The van der Waals surface area contributed by atoms with Crippen molar-refractivity contribution >= 4 is 11.8 Å². The maximum Gasteiger partial charge on any atom is 0.249 e. The van der Waals surface area contributed by atoms with Crippen molar-refractivity contribution in [2.45, 2.75) is 44.0 Å². The van der Waals surface area contributed by atoms with Crippen LogP contribution in [0.15, 0.2) is 30.3 Å². The van der Waals surface area contributed by atoms with Crippen molar-refractivity contribution < 1.29 is 14.7 Å². The summed E-state index contributed by atoms with van der Waals surface area (Å²) in [5, 5.41) is 10.2. The van der Waals surface area contributed by atoms with Crippen molar-refractivity contribution in [3.63, 3.8) is 0 Å². The highest BCUT2D eigenvalue weighted by Crippen LogP contribution is 2.29. The number of fused-ring (bicyclic) bond motifs is 5. The molecule has 112 valence electrons. The Morgan fingerprint density at radius 3 is 2.57 bits per heavy atom. The van der Waals surface area contributed by atoms with Crippen LogP contribution in [0.2, 0.25) is 0 Å². The van der Waals surface area contributed by atoms with Crippen molar-refractivity contribution in [2.24, 2.45) is 0 Å². The zero-order chi connectivity index (χ0) is 15.0. The Morgan fingerprint density at radius 1 is 1.14 bits per heavy atom. The first-order chi connectivity index (χ1) is 10.1. The number of carbonyl (C=O) groups excluding carboxylic acids is 2. The van der Waals surface area contributed by atoms with Crippen LogP contribution < -0.4 is 0 Å². The van der Waals surface area contributed by atoms with Gasteiger partial charge in [0.2, 0.25) is 11.8 Å². The summed E-state index contributed by atoms with van der Waals surface area (Å²) in [6, 6.07) is 8.53. The number of benzene rings is 1. The molecule has 5 nitrogen and oxygen atoms in total. The second-order valence-corrected chi connectivity index (χ2v) is 5.86. The molecule has 2 amide bonds. The number of likely N-dealkylation sites (N-methyl/N-ethyl adjacent to an activating group) is 1. The minimum atomic E-state index is -0.772. The lowest BCUT2D eigenvalue weighted by Gasteiger charge is -2.47. The second-order valence-electron chi connectivity index (χ2n) is 5.86. The number of rotatable bonds is 2. The molecule has 21 heavy (non-hydrogen) atoms. The molecule has 1 aromatic carbocycles. The molecule has 3 heterocycles. The summed E-state index contributed by atoms with van der Waals surface area (Å²) in [7, 11) is 1.62. The third-order valence-corrected chi connectivity index (χ3v) is 4.50. The zero-order valence-corrected chi connectivity index (χ0v) is 12.1. The third kappa shape index (κ3) is 2.42. The predicted molar refractivity (Wildman–Crippen MR) is 77.2 cm³/mol. The zero-order valence-electron chi connectivity index (χ0n) is 12.1. The first-order valence-electron chi connectivity index (χ1n) is 7.38. The van der Waals surface area contributed by atoms with Crippen molar-refractivity contribution in [3.8, 4) is 0 Å². The van der Waals surface area contributed by atoms with Gasteiger partial charge in [0.15, 0.2) is 0 Å². The molecule has 3 atom stereocenters. The van der Waals surface area contributed by atoms with Crippen LogP contribution in [0.3, 0.4) is 0 Å². The molecule has 1 N–H and O–H groups in total. The van der Waals surface area contributed by atoms with E-state index in [2.05, 4.69) is 0 Å². The van der Waals surface area contributed by atoms with E-state index < -0.39 is 18.2 Å². The average Bonchev–Trinajstić information content (AvgIpc) is 2.47. The molecule has 5 heteroatoms. The first-order valence-corrected chi connectivity index (χ1v) is 7.38. The molecular formula is C16H20N2O3. The second kappa shape index (κ2) is 5.48. The summed E-state index contributed by atoms with van der Waals surface area (Å²) in [5.74, 6) is -0.201. The number of amides is 2. The topological polar surface area (TPSA) is 60.9 Å². The summed E-state index contributed by atoms with van der Waals surface area (Å²) in [6.45, 7) is 0.424. The summed E-state index contributed by atoms with van der Waals surface area (Å²) in [6.07, 6.45) is 1.18. The van der Waals surface area contributed by atoms with Gasteiger partial charge < -0.3 is 14.9 Å². The largest absolute Gasteiger partial charge is 0.390 e. The molecule has 3 aliphatic heterocycles. The van der Waals surface area contributed by atoms with E-state index in [-0.39, 0.29) is 11.8 Å². The van der Waals surface area contributed by atoms with Crippen molar-refractivity contribution in [1.82, 2.24) is 9.80 Å². The molecule has 0 radical (unpaired) electrons. The minimum absolute atomic E-state index is 0.0609. The molecular weight excluding hydrogens is 268 g/mol. The van der Waals surface area contributed by atoms with Gasteiger partial charge in [-0.3, -0.25) is 9.59 Å². The maximum atomic E-state index is 12.7. The van der Waals surface area contributed by atoms with Gasteiger partial charge in [0, 0.05) is 13.6 Å². The van der Waals surface area contributed by atoms with E-state index in [1.54, 1.807) is 11.9 Å². The summed E-state index contributed by atoms with van der Waals surface area (Å²) < 4.78 is 0. The lowest BCUT2D eigenvalue weighted by molar-refractivity contribution is -0.168. The van der Waals surface area contributed by atoms with Gasteiger partial charge in [-0.25, -0.2) is 0 Å². The Labute approximate surface area is 124 Å². The van der Waals surface area contributed by atoms with Gasteiger partial charge in [-0.2, -0.15) is 0 Å². The number of hydrogen-bond acceptors (Lipinski definition) is 3. The van der Waals surface area contributed by atoms with Crippen molar-refractivity contribution in [3.05, 3.63) is 35.9 Å². The van der Waals surface area contributed by atoms with Crippen LogP contribution in [-0.2, 0) is 16.1 Å². The van der Waals surface area contributed by atoms with Crippen LogP contribution in [0.1, 0.15) is 24.8 Å². The number of piperazine rings is 1. The summed E-state index contributed by atoms with van der Waals surface area (Å²) >= 11 is 0. The molecule has 2 bridgehead atoms. The number of nitrogens with zero attached hydrogens (tertiary/aromatic N) is 2. The van der Waals surface area contributed by atoms with Crippen LogP contribution in [0.25, 0.3) is 0 Å². The van der Waals surface area contributed by atoms with Crippen LogP contribution in [0.5, 0.6) is 0 Å². The Balaban J connectivity index is 1.92. The fourth-order valence-electron chi connectivity index (χ4n) is 3.34. The number of hydrogen-bond donors (Lipinski definition) is 1. The molecule has 0 unspecified atom stereocenters. The van der Waals surface area contributed by atoms with E-state index in [1.807, 2.05) is 30.3 Å². The monoisotopic (exact) mass is 288 g/mol. The van der Waals surface area contributed by atoms with Crippen LogP contribution in [0, 0.1) is 0 Å². The predicted octanol–water partition coefficient (Wildman–Crippen LogP) is 0.769.